The molecule has 0 bridgehead atoms. The fraction of sp³-hybridized carbons (Fsp3) is 0.353. The molecule has 0 aliphatic carbocycles. The standard InChI is InChI=1S/C17H20FN3O3S/c1-11-14(25-16(21-11)10-24-2)9-20-15(22)7-8-19-17(23)12-3-5-13(18)6-4-12/h3-6H,7-10H2,1-2H3,(H,19,23)(H,20,22). The highest BCUT2D eigenvalue weighted by Crippen LogP contribution is 2.18. The zero-order chi connectivity index (χ0) is 18.2. The smallest absolute Gasteiger partial charge is 0.251 e. The zero-order valence-corrected chi connectivity index (χ0v) is 14.9. The molecule has 6 nitrogen and oxygen atoms in total. The Hall–Kier alpha value is -2.32. The van der Waals surface area contributed by atoms with Crippen molar-refractivity contribution in [3.8, 4) is 0 Å². The molecule has 2 N–H and O–H groups in total. The third-order valence-corrected chi connectivity index (χ3v) is 4.53. The first kappa shape index (κ1) is 19.0. The number of methoxy groups -OCH3 is 1. The molecule has 8 heteroatoms. The van der Waals surface area contributed by atoms with Crippen LogP contribution >= 0.6 is 11.3 Å². The van der Waals surface area contributed by atoms with Crippen molar-refractivity contribution in [2.75, 3.05) is 13.7 Å². The van der Waals surface area contributed by atoms with Crippen molar-refractivity contribution in [2.45, 2.75) is 26.5 Å². The summed E-state index contributed by atoms with van der Waals surface area (Å²) in [5.41, 5.74) is 1.23. The molecule has 0 fully saturated rings. The summed E-state index contributed by atoms with van der Waals surface area (Å²) in [6, 6.07) is 5.23. The highest BCUT2D eigenvalue weighted by atomic mass is 32.1. The lowest BCUT2D eigenvalue weighted by Crippen LogP contribution is -2.30. The Morgan fingerprint density at radius 3 is 2.64 bits per heavy atom. The van der Waals surface area contributed by atoms with E-state index in [0.717, 1.165) is 15.6 Å². The van der Waals surface area contributed by atoms with Gasteiger partial charge in [-0.15, -0.1) is 11.3 Å². The van der Waals surface area contributed by atoms with Crippen molar-refractivity contribution in [1.82, 2.24) is 15.6 Å². The molecule has 2 aromatic rings. The number of nitrogens with zero attached hydrogens (tertiary/aromatic N) is 1. The molecule has 0 aliphatic heterocycles. The molecule has 0 atom stereocenters. The van der Waals surface area contributed by atoms with Gasteiger partial charge >= 0.3 is 0 Å². The number of amides is 2. The molecule has 134 valence electrons. The lowest BCUT2D eigenvalue weighted by atomic mass is 10.2. The van der Waals surface area contributed by atoms with Crippen LogP contribution in [0.5, 0.6) is 0 Å². The van der Waals surface area contributed by atoms with Gasteiger partial charge in [0.05, 0.1) is 18.8 Å². The van der Waals surface area contributed by atoms with Crippen LogP contribution < -0.4 is 10.6 Å². The topological polar surface area (TPSA) is 80.3 Å². The van der Waals surface area contributed by atoms with E-state index in [-0.39, 0.29) is 24.8 Å². The summed E-state index contributed by atoms with van der Waals surface area (Å²) in [5, 5.41) is 6.31. The predicted molar refractivity (Wildman–Crippen MR) is 92.8 cm³/mol. The Kier molecular flexibility index (Phi) is 7.03. The summed E-state index contributed by atoms with van der Waals surface area (Å²) >= 11 is 1.50. The maximum atomic E-state index is 12.8. The van der Waals surface area contributed by atoms with Gasteiger partial charge in [0.1, 0.15) is 10.8 Å². The molecule has 0 aliphatic rings. The van der Waals surface area contributed by atoms with Crippen LogP contribution in [0.15, 0.2) is 24.3 Å². The van der Waals surface area contributed by atoms with Gasteiger partial charge in [0.25, 0.3) is 5.91 Å². The third kappa shape index (κ3) is 5.91. The van der Waals surface area contributed by atoms with Crippen LogP contribution in [0.4, 0.5) is 4.39 Å². The van der Waals surface area contributed by atoms with E-state index in [4.69, 9.17) is 4.74 Å². The number of carbonyl (C=O) groups is 2. The van der Waals surface area contributed by atoms with Gasteiger partial charge in [0.15, 0.2) is 0 Å². The van der Waals surface area contributed by atoms with Gasteiger partial charge < -0.3 is 15.4 Å². The molecule has 1 aromatic heterocycles. The Labute approximate surface area is 149 Å². The molecule has 0 saturated carbocycles. The summed E-state index contributed by atoms with van der Waals surface area (Å²) in [6.07, 6.45) is 0.162. The average molecular weight is 365 g/mol. The van der Waals surface area contributed by atoms with E-state index in [1.807, 2.05) is 6.92 Å². The number of thiazole rings is 1. The maximum absolute atomic E-state index is 12.8. The van der Waals surface area contributed by atoms with E-state index < -0.39 is 5.82 Å². The van der Waals surface area contributed by atoms with Crippen LogP contribution in [0.1, 0.15) is 32.4 Å². The monoisotopic (exact) mass is 365 g/mol. The molecule has 2 amide bonds. The second-order valence-corrected chi connectivity index (χ2v) is 6.51. The largest absolute Gasteiger partial charge is 0.378 e. The summed E-state index contributed by atoms with van der Waals surface area (Å²) in [7, 11) is 1.61. The van der Waals surface area contributed by atoms with Crippen LogP contribution in [0, 0.1) is 12.7 Å². The molecule has 2 rings (SSSR count). The van der Waals surface area contributed by atoms with Crippen LogP contribution in [0.25, 0.3) is 0 Å². The fourth-order valence-corrected chi connectivity index (χ4v) is 3.08. The third-order valence-electron chi connectivity index (χ3n) is 3.39. The average Bonchev–Trinajstić information content (AvgIpc) is 2.93. The second kappa shape index (κ2) is 9.24. The quantitative estimate of drug-likeness (QED) is 0.751. The van der Waals surface area contributed by atoms with Gasteiger partial charge in [0.2, 0.25) is 5.91 Å². The fourth-order valence-electron chi connectivity index (χ4n) is 2.10. The highest BCUT2D eigenvalue weighted by Gasteiger charge is 2.10. The van der Waals surface area contributed by atoms with Gasteiger partial charge in [-0.25, -0.2) is 9.37 Å². The maximum Gasteiger partial charge on any atom is 0.251 e. The molecular weight excluding hydrogens is 345 g/mol. The van der Waals surface area contributed by atoms with E-state index in [1.165, 1.54) is 35.6 Å². The number of rotatable bonds is 8. The minimum absolute atomic E-state index is 0.162. The van der Waals surface area contributed by atoms with E-state index in [1.54, 1.807) is 7.11 Å². The molecule has 0 saturated heterocycles. The minimum atomic E-state index is -0.400. The number of carbonyl (C=O) groups excluding carboxylic acids is 2. The summed E-state index contributed by atoms with van der Waals surface area (Å²) in [5.74, 6) is -0.904. The number of nitrogens with one attached hydrogen (secondary N) is 2. The molecule has 1 aromatic carbocycles. The molecule has 0 radical (unpaired) electrons. The van der Waals surface area contributed by atoms with Crippen molar-refractivity contribution in [1.29, 1.82) is 0 Å². The van der Waals surface area contributed by atoms with Crippen molar-refractivity contribution in [2.24, 2.45) is 0 Å². The van der Waals surface area contributed by atoms with Crippen molar-refractivity contribution in [3.05, 3.63) is 51.2 Å². The van der Waals surface area contributed by atoms with Gasteiger partial charge in [-0.1, -0.05) is 0 Å². The van der Waals surface area contributed by atoms with Crippen molar-refractivity contribution in [3.63, 3.8) is 0 Å². The van der Waals surface area contributed by atoms with Crippen molar-refractivity contribution >= 4 is 23.2 Å². The van der Waals surface area contributed by atoms with E-state index in [2.05, 4.69) is 15.6 Å². The number of ether oxygens (including phenoxy) is 1. The van der Waals surface area contributed by atoms with E-state index >= 15 is 0 Å². The normalized spacial score (nSPS) is 10.5. The molecule has 0 unspecified atom stereocenters. The van der Waals surface area contributed by atoms with Crippen LogP contribution in [0.3, 0.4) is 0 Å². The number of hydrogen-bond acceptors (Lipinski definition) is 5. The van der Waals surface area contributed by atoms with Crippen LogP contribution in [-0.4, -0.2) is 30.5 Å². The predicted octanol–water partition coefficient (Wildman–Crippen LogP) is 2.17. The molecule has 0 spiro atoms. The lowest BCUT2D eigenvalue weighted by molar-refractivity contribution is -0.121. The Bertz CT molecular complexity index is 731. The van der Waals surface area contributed by atoms with Crippen molar-refractivity contribution < 1.29 is 18.7 Å². The first-order valence-corrected chi connectivity index (χ1v) is 8.56. The van der Waals surface area contributed by atoms with Gasteiger partial charge in [0, 0.05) is 30.5 Å². The second-order valence-electron chi connectivity index (χ2n) is 5.34. The highest BCUT2D eigenvalue weighted by molar-refractivity contribution is 7.11. The molecular formula is C17H20FN3O3S. The number of halogens is 1. The Morgan fingerprint density at radius 2 is 1.96 bits per heavy atom. The summed E-state index contributed by atoms with van der Waals surface area (Å²) in [6.45, 7) is 2.95. The summed E-state index contributed by atoms with van der Waals surface area (Å²) < 4.78 is 17.9. The van der Waals surface area contributed by atoms with Gasteiger partial charge in [-0.2, -0.15) is 0 Å². The Morgan fingerprint density at radius 1 is 1.24 bits per heavy atom. The lowest BCUT2D eigenvalue weighted by Gasteiger charge is -2.06. The van der Waals surface area contributed by atoms with Gasteiger partial charge in [-0.3, -0.25) is 9.59 Å². The first-order valence-electron chi connectivity index (χ1n) is 7.74. The number of aryl methyl sites for hydroxylation is 1. The Balaban J connectivity index is 1.72. The minimum Gasteiger partial charge on any atom is -0.378 e. The molecule has 1 heterocycles. The van der Waals surface area contributed by atoms with Crippen LogP contribution in [0.2, 0.25) is 0 Å². The molecule has 25 heavy (non-hydrogen) atoms. The van der Waals surface area contributed by atoms with E-state index in [0.29, 0.717) is 18.7 Å². The number of benzene rings is 1. The zero-order valence-electron chi connectivity index (χ0n) is 14.1. The SMILES string of the molecule is COCc1nc(C)c(CNC(=O)CCNC(=O)c2ccc(F)cc2)s1. The number of hydrogen-bond donors (Lipinski definition) is 2. The van der Waals surface area contributed by atoms with E-state index in [9.17, 15) is 14.0 Å². The van der Waals surface area contributed by atoms with Gasteiger partial charge in [-0.05, 0) is 31.2 Å². The first-order chi connectivity index (χ1) is 12.0. The summed E-state index contributed by atoms with van der Waals surface area (Å²) in [4.78, 5) is 29.1. The van der Waals surface area contributed by atoms with Crippen LogP contribution in [-0.2, 0) is 22.7 Å². The number of aromatic nitrogens is 1.